The van der Waals surface area contributed by atoms with Gasteiger partial charge in [-0.1, -0.05) is 25.6 Å². The van der Waals surface area contributed by atoms with E-state index in [1.54, 1.807) is 4.57 Å². The van der Waals surface area contributed by atoms with E-state index in [1.165, 1.54) is 17.8 Å². The summed E-state index contributed by atoms with van der Waals surface area (Å²) >= 11 is 1.17. The molecule has 0 saturated heterocycles. The molecule has 1 aromatic carbocycles. The van der Waals surface area contributed by atoms with Crippen LogP contribution < -0.4 is 11.0 Å². The summed E-state index contributed by atoms with van der Waals surface area (Å²) in [6.45, 7) is 7.38. The van der Waals surface area contributed by atoms with Gasteiger partial charge in [0.2, 0.25) is 11.7 Å². The van der Waals surface area contributed by atoms with Crippen molar-refractivity contribution in [2.45, 2.75) is 44.7 Å². The van der Waals surface area contributed by atoms with E-state index in [-0.39, 0.29) is 17.1 Å². The maximum Gasteiger partial charge on any atom is 0.348 e. The first-order chi connectivity index (χ1) is 15.3. The van der Waals surface area contributed by atoms with Gasteiger partial charge in [-0.05, 0) is 44.5 Å². The number of nitro groups is 1. The van der Waals surface area contributed by atoms with Crippen LogP contribution in [-0.2, 0) is 24.2 Å². The molecule has 1 heterocycles. The summed E-state index contributed by atoms with van der Waals surface area (Å²) in [6, 6.07) is 3.18. The second-order valence-electron chi connectivity index (χ2n) is 7.42. The zero-order valence-corrected chi connectivity index (χ0v) is 18.9. The zero-order chi connectivity index (χ0) is 23.3. The van der Waals surface area contributed by atoms with Crippen molar-refractivity contribution in [2.24, 2.45) is 0 Å². The van der Waals surface area contributed by atoms with Gasteiger partial charge in [-0.2, -0.15) is 9.37 Å². The molecule has 3 rings (SSSR count). The van der Waals surface area contributed by atoms with Gasteiger partial charge in [0.25, 0.3) is 0 Å². The molecule has 0 saturated carbocycles. The van der Waals surface area contributed by atoms with Crippen molar-refractivity contribution >= 4 is 29.0 Å². The summed E-state index contributed by atoms with van der Waals surface area (Å²) < 4.78 is 15.2. The van der Waals surface area contributed by atoms with Crippen LogP contribution in [0, 0.1) is 15.9 Å². The lowest BCUT2D eigenvalue weighted by Crippen LogP contribution is -2.34. The fourth-order valence-corrected chi connectivity index (χ4v) is 4.66. The Morgan fingerprint density at radius 3 is 2.78 bits per heavy atom. The van der Waals surface area contributed by atoms with Crippen molar-refractivity contribution in [1.29, 1.82) is 0 Å². The fraction of sp³-hybridized carbons (Fsp3) is 0.476. The van der Waals surface area contributed by atoms with Gasteiger partial charge in [0.05, 0.1) is 10.7 Å². The van der Waals surface area contributed by atoms with E-state index in [0.29, 0.717) is 11.6 Å². The number of rotatable bonds is 10. The third kappa shape index (κ3) is 5.52. The van der Waals surface area contributed by atoms with E-state index in [1.807, 2.05) is 0 Å². The molecule has 172 valence electrons. The number of likely N-dealkylation sites (N-methyl/N-ethyl adjacent to an activating group) is 1. The molecule has 1 aliphatic carbocycles. The Balaban J connectivity index is 1.69. The van der Waals surface area contributed by atoms with Crippen LogP contribution in [0.25, 0.3) is 0 Å². The van der Waals surface area contributed by atoms with E-state index in [4.69, 9.17) is 0 Å². The van der Waals surface area contributed by atoms with Gasteiger partial charge in [-0.25, -0.2) is 4.79 Å². The van der Waals surface area contributed by atoms with Gasteiger partial charge in [-0.15, -0.1) is 0 Å². The Kier molecular flexibility index (Phi) is 7.97. The molecule has 0 atom stereocenters. The van der Waals surface area contributed by atoms with E-state index in [9.17, 15) is 24.1 Å². The van der Waals surface area contributed by atoms with Crippen molar-refractivity contribution in [1.82, 2.24) is 14.5 Å². The predicted molar refractivity (Wildman–Crippen MR) is 121 cm³/mol. The number of nitrogens with zero attached hydrogens (tertiary/aromatic N) is 4. The average molecular weight is 464 g/mol. The average Bonchev–Trinajstić information content (AvgIpc) is 3.25. The molecule has 9 nitrogen and oxygen atoms in total. The minimum atomic E-state index is -0.969. The number of carbonyl (C=O) groups excluding carboxylic acids is 1. The highest BCUT2D eigenvalue weighted by Gasteiger charge is 2.23. The second kappa shape index (κ2) is 10.7. The first-order valence-corrected chi connectivity index (χ1v) is 11.5. The molecule has 1 amide bonds. The van der Waals surface area contributed by atoms with E-state index >= 15 is 0 Å². The summed E-state index contributed by atoms with van der Waals surface area (Å²) in [5.74, 6) is -1.41. The van der Waals surface area contributed by atoms with Crippen LogP contribution in [-0.4, -0.2) is 50.7 Å². The number of nitro benzene ring substituents is 1. The lowest BCUT2D eigenvalue weighted by Gasteiger charge is -2.20. The molecule has 11 heteroatoms. The topological polar surface area (TPSA) is 110 Å². The third-order valence-electron chi connectivity index (χ3n) is 5.50. The van der Waals surface area contributed by atoms with Gasteiger partial charge in [0.15, 0.2) is 0 Å². The van der Waals surface area contributed by atoms with E-state index in [0.717, 1.165) is 62.3 Å². The second-order valence-corrected chi connectivity index (χ2v) is 8.38. The summed E-state index contributed by atoms with van der Waals surface area (Å²) in [5, 5.41) is 13.9. The van der Waals surface area contributed by atoms with Crippen molar-refractivity contribution in [2.75, 3.05) is 30.7 Å². The van der Waals surface area contributed by atoms with Crippen LogP contribution in [0.2, 0.25) is 0 Å². The Labute approximate surface area is 189 Å². The van der Waals surface area contributed by atoms with Crippen LogP contribution >= 0.6 is 11.8 Å². The highest BCUT2D eigenvalue weighted by Crippen LogP contribution is 2.29. The lowest BCUT2D eigenvalue weighted by atomic mass is 10.2. The molecule has 32 heavy (non-hydrogen) atoms. The summed E-state index contributed by atoms with van der Waals surface area (Å²) in [7, 11) is 0. The third-order valence-corrected chi connectivity index (χ3v) is 6.52. The fourth-order valence-electron chi connectivity index (χ4n) is 3.78. The highest BCUT2D eigenvalue weighted by molar-refractivity contribution is 8.00. The number of aromatic nitrogens is 2. The quantitative estimate of drug-likeness (QED) is 0.250. The number of halogens is 1. The van der Waals surface area contributed by atoms with Crippen molar-refractivity contribution < 1.29 is 14.1 Å². The number of thioether (sulfide) groups is 1. The molecule has 1 aliphatic rings. The molecule has 0 unspecified atom stereocenters. The van der Waals surface area contributed by atoms with Crippen LogP contribution in [0.3, 0.4) is 0 Å². The highest BCUT2D eigenvalue weighted by atomic mass is 32.2. The zero-order valence-electron chi connectivity index (χ0n) is 18.1. The van der Waals surface area contributed by atoms with Gasteiger partial charge in [0.1, 0.15) is 5.03 Å². The van der Waals surface area contributed by atoms with Crippen LogP contribution in [0.1, 0.15) is 31.5 Å². The van der Waals surface area contributed by atoms with Crippen molar-refractivity contribution in [3.8, 4) is 0 Å². The molecule has 0 aliphatic heterocycles. The number of anilines is 1. The smallest absolute Gasteiger partial charge is 0.325 e. The molecular formula is C21H26FN5O4S. The summed E-state index contributed by atoms with van der Waals surface area (Å²) in [4.78, 5) is 41.5. The van der Waals surface area contributed by atoms with Gasteiger partial charge in [0, 0.05) is 36.1 Å². The summed E-state index contributed by atoms with van der Waals surface area (Å²) in [5.41, 5.74) is 1.13. The lowest BCUT2D eigenvalue weighted by molar-refractivity contribution is -0.387. The van der Waals surface area contributed by atoms with Gasteiger partial charge in [-0.3, -0.25) is 19.5 Å². The molecule has 0 radical (unpaired) electrons. The Morgan fingerprint density at radius 2 is 2.09 bits per heavy atom. The first-order valence-electron chi connectivity index (χ1n) is 10.6. The summed E-state index contributed by atoms with van der Waals surface area (Å²) in [6.07, 6.45) is 2.55. The molecule has 1 aromatic heterocycles. The van der Waals surface area contributed by atoms with Crippen molar-refractivity contribution in [3.63, 3.8) is 0 Å². The number of hydrogen-bond donors (Lipinski definition) is 1. The first kappa shape index (κ1) is 23.9. The predicted octanol–water partition coefficient (Wildman–Crippen LogP) is 2.85. The number of nitrogens with one attached hydrogen (secondary N) is 1. The maximum absolute atomic E-state index is 13.5. The number of hydrogen-bond acceptors (Lipinski definition) is 7. The largest absolute Gasteiger partial charge is 0.348 e. The van der Waals surface area contributed by atoms with Gasteiger partial charge >= 0.3 is 11.4 Å². The molecule has 0 spiro atoms. The standard InChI is InChI=1S/C21H26FN5O4S/c1-3-25(4-2)10-11-26-17-7-5-6-15(17)20(24-21(26)29)32-13-19(28)23-14-8-9-16(22)18(12-14)27(30)31/h8-9,12H,3-7,10-11,13H2,1-2H3,(H,23,28). The Bertz CT molecular complexity index is 1070. The van der Waals surface area contributed by atoms with Gasteiger partial charge < -0.3 is 10.2 Å². The minimum Gasteiger partial charge on any atom is -0.325 e. The number of fused-ring (bicyclic) bond motifs is 1. The molecule has 1 N–H and O–H groups in total. The molecule has 2 aromatic rings. The molecule has 0 bridgehead atoms. The monoisotopic (exact) mass is 463 g/mol. The van der Waals surface area contributed by atoms with Crippen LogP contribution in [0.15, 0.2) is 28.0 Å². The number of benzene rings is 1. The van der Waals surface area contributed by atoms with E-state index < -0.39 is 22.3 Å². The SMILES string of the molecule is CCN(CC)CCn1c2c(c(SCC(=O)Nc3ccc(F)c([N+](=O)[O-])c3)nc1=O)CCC2. The number of carbonyl (C=O) groups is 1. The Morgan fingerprint density at radius 1 is 1.34 bits per heavy atom. The number of amides is 1. The van der Waals surface area contributed by atoms with Crippen molar-refractivity contribution in [3.05, 3.63) is 55.9 Å². The maximum atomic E-state index is 13.5. The van der Waals surface area contributed by atoms with Crippen LogP contribution in [0.5, 0.6) is 0 Å². The van der Waals surface area contributed by atoms with E-state index in [2.05, 4.69) is 29.0 Å². The minimum absolute atomic E-state index is 0.0203. The normalized spacial score (nSPS) is 12.8. The molecular weight excluding hydrogens is 437 g/mol. The Hall–Kier alpha value is -2.79. The molecule has 0 fully saturated rings. The van der Waals surface area contributed by atoms with Crippen LogP contribution in [0.4, 0.5) is 15.8 Å².